The Kier molecular flexibility index (Phi) is 4.86. The molecule has 0 nitrogen and oxygen atoms in total. The summed E-state index contributed by atoms with van der Waals surface area (Å²) in [6.45, 7) is 2.29. The zero-order valence-electron chi connectivity index (χ0n) is 14.9. The van der Waals surface area contributed by atoms with Crippen LogP contribution in [0, 0.1) is 17.7 Å². The molecule has 1 fully saturated rings. The van der Waals surface area contributed by atoms with Crippen LogP contribution in [0.5, 0.6) is 0 Å². The third kappa shape index (κ3) is 3.24. The van der Waals surface area contributed by atoms with Gasteiger partial charge in [0.15, 0.2) is 0 Å². The number of benzene rings is 2. The van der Waals surface area contributed by atoms with E-state index in [1.807, 2.05) is 30.3 Å². The molecule has 0 heterocycles. The van der Waals surface area contributed by atoms with Gasteiger partial charge in [0.05, 0.1) is 0 Å². The average Bonchev–Trinajstić information content (AvgIpc) is 2.63. The molecule has 0 aliphatic heterocycles. The van der Waals surface area contributed by atoms with E-state index in [0.717, 1.165) is 35.8 Å². The van der Waals surface area contributed by atoms with Crippen LogP contribution in [-0.4, -0.2) is 0 Å². The number of hydrogen-bond donors (Lipinski definition) is 0. The molecule has 0 N–H and O–H groups in total. The Morgan fingerprint density at radius 2 is 1.84 bits per heavy atom. The highest BCUT2D eigenvalue weighted by Crippen LogP contribution is 2.49. The maximum Gasteiger partial charge on any atom is 0.134 e. The van der Waals surface area contributed by atoms with Gasteiger partial charge >= 0.3 is 0 Å². The Balaban J connectivity index is 1.64. The second kappa shape index (κ2) is 7.11. The summed E-state index contributed by atoms with van der Waals surface area (Å²) in [5.74, 6) is 2.23. The Morgan fingerprint density at radius 1 is 1.04 bits per heavy atom. The molecule has 3 unspecified atom stereocenters. The topological polar surface area (TPSA) is 0 Å². The van der Waals surface area contributed by atoms with E-state index in [1.54, 1.807) is 0 Å². The van der Waals surface area contributed by atoms with Gasteiger partial charge in [0.1, 0.15) is 5.82 Å². The standard InChI is InChI=1S/C23H26ClF/c1-2-3-15-4-10-19-17(14-15)7-11-22-21(19)13-12-20(23(22)25)16-5-8-18(24)9-6-16/h5-6,8-9,12-13,15,17,19H,2-4,7,10-11,14H2,1H3. The van der Waals surface area contributed by atoms with Gasteiger partial charge in [0.2, 0.25) is 0 Å². The maximum absolute atomic E-state index is 15.3. The van der Waals surface area contributed by atoms with Crippen LogP contribution in [0.4, 0.5) is 4.39 Å². The smallest absolute Gasteiger partial charge is 0.134 e. The third-order valence-corrected chi connectivity index (χ3v) is 6.64. The lowest BCUT2D eigenvalue weighted by Gasteiger charge is -2.41. The highest BCUT2D eigenvalue weighted by atomic mass is 35.5. The van der Waals surface area contributed by atoms with Crippen LogP contribution in [0.2, 0.25) is 5.02 Å². The van der Waals surface area contributed by atoms with Crippen molar-refractivity contribution < 1.29 is 4.39 Å². The molecule has 2 aliphatic carbocycles. The number of rotatable bonds is 3. The van der Waals surface area contributed by atoms with Gasteiger partial charge < -0.3 is 0 Å². The van der Waals surface area contributed by atoms with Gasteiger partial charge in [-0.2, -0.15) is 0 Å². The van der Waals surface area contributed by atoms with Crippen molar-refractivity contribution in [2.75, 3.05) is 0 Å². The second-order valence-electron chi connectivity index (χ2n) is 7.87. The summed E-state index contributed by atoms with van der Waals surface area (Å²) in [6, 6.07) is 11.7. The van der Waals surface area contributed by atoms with E-state index < -0.39 is 0 Å². The minimum atomic E-state index is -0.00560. The summed E-state index contributed by atoms with van der Waals surface area (Å²) in [5.41, 5.74) is 3.90. The van der Waals surface area contributed by atoms with Gasteiger partial charge in [-0.05, 0) is 78.7 Å². The second-order valence-corrected chi connectivity index (χ2v) is 8.31. The summed E-state index contributed by atoms with van der Waals surface area (Å²) >= 11 is 5.97. The van der Waals surface area contributed by atoms with Crippen LogP contribution < -0.4 is 0 Å². The fourth-order valence-electron chi connectivity index (χ4n) is 5.18. The van der Waals surface area contributed by atoms with E-state index in [4.69, 9.17) is 11.6 Å². The molecule has 0 bridgehead atoms. The number of halogens is 2. The summed E-state index contributed by atoms with van der Waals surface area (Å²) in [4.78, 5) is 0. The SMILES string of the molecule is CCCC1CCC2c3ccc(-c4ccc(Cl)cc4)c(F)c3CCC2C1. The van der Waals surface area contributed by atoms with E-state index in [-0.39, 0.29) is 5.82 Å². The normalized spacial score (nSPS) is 25.3. The molecule has 25 heavy (non-hydrogen) atoms. The van der Waals surface area contributed by atoms with E-state index >= 15 is 4.39 Å². The highest BCUT2D eigenvalue weighted by molar-refractivity contribution is 6.30. The molecule has 1 saturated carbocycles. The minimum Gasteiger partial charge on any atom is -0.206 e. The van der Waals surface area contributed by atoms with Crippen molar-refractivity contribution in [3.8, 4) is 11.1 Å². The largest absolute Gasteiger partial charge is 0.206 e. The van der Waals surface area contributed by atoms with E-state index in [9.17, 15) is 0 Å². The predicted molar refractivity (Wildman–Crippen MR) is 104 cm³/mol. The first kappa shape index (κ1) is 17.1. The van der Waals surface area contributed by atoms with Crippen LogP contribution in [0.3, 0.4) is 0 Å². The quantitative estimate of drug-likeness (QED) is 0.537. The molecule has 0 saturated heterocycles. The number of fused-ring (bicyclic) bond motifs is 3. The third-order valence-electron chi connectivity index (χ3n) is 6.39. The molecule has 2 aliphatic rings. The van der Waals surface area contributed by atoms with Crippen LogP contribution in [0.25, 0.3) is 11.1 Å². The Bertz CT molecular complexity index is 749. The molecule has 4 rings (SSSR count). The van der Waals surface area contributed by atoms with Crippen LogP contribution >= 0.6 is 11.6 Å². The van der Waals surface area contributed by atoms with Crippen molar-refractivity contribution in [1.82, 2.24) is 0 Å². The molecule has 2 aromatic carbocycles. The zero-order valence-corrected chi connectivity index (χ0v) is 15.7. The minimum absolute atomic E-state index is 0.00560. The van der Waals surface area contributed by atoms with Gasteiger partial charge in [-0.15, -0.1) is 0 Å². The molecular formula is C23H26ClF. The lowest BCUT2D eigenvalue weighted by Crippen LogP contribution is -2.28. The first-order valence-corrected chi connectivity index (χ1v) is 10.1. The Morgan fingerprint density at radius 3 is 2.60 bits per heavy atom. The molecule has 0 spiro atoms. The first-order valence-electron chi connectivity index (χ1n) is 9.74. The van der Waals surface area contributed by atoms with E-state index in [2.05, 4.69) is 13.0 Å². The molecule has 3 atom stereocenters. The first-order chi connectivity index (χ1) is 12.2. The molecule has 0 amide bonds. The van der Waals surface area contributed by atoms with Crippen LogP contribution in [0.1, 0.15) is 62.5 Å². The van der Waals surface area contributed by atoms with Gasteiger partial charge in [0.25, 0.3) is 0 Å². The Labute approximate surface area is 155 Å². The van der Waals surface area contributed by atoms with Crippen molar-refractivity contribution in [1.29, 1.82) is 0 Å². The fourth-order valence-corrected chi connectivity index (χ4v) is 5.31. The van der Waals surface area contributed by atoms with Gasteiger partial charge in [0, 0.05) is 10.6 Å². The van der Waals surface area contributed by atoms with Crippen molar-refractivity contribution in [2.45, 2.75) is 57.8 Å². The average molecular weight is 357 g/mol. The summed E-state index contributed by atoms with van der Waals surface area (Å²) in [5, 5.41) is 0.689. The monoisotopic (exact) mass is 356 g/mol. The molecule has 2 heteroatoms. The zero-order chi connectivity index (χ0) is 17.4. The van der Waals surface area contributed by atoms with Crippen molar-refractivity contribution in [3.05, 3.63) is 58.4 Å². The highest BCUT2D eigenvalue weighted by Gasteiger charge is 2.36. The van der Waals surface area contributed by atoms with Crippen molar-refractivity contribution in [2.24, 2.45) is 11.8 Å². The van der Waals surface area contributed by atoms with Gasteiger partial charge in [-0.1, -0.05) is 55.6 Å². The number of hydrogen-bond acceptors (Lipinski definition) is 0. The summed E-state index contributed by atoms with van der Waals surface area (Å²) < 4.78 is 15.3. The lowest BCUT2D eigenvalue weighted by molar-refractivity contribution is 0.200. The van der Waals surface area contributed by atoms with E-state index in [1.165, 1.54) is 37.7 Å². The maximum atomic E-state index is 15.3. The van der Waals surface area contributed by atoms with Gasteiger partial charge in [-0.25, -0.2) is 4.39 Å². The summed E-state index contributed by atoms with van der Waals surface area (Å²) in [7, 11) is 0. The van der Waals surface area contributed by atoms with Gasteiger partial charge in [-0.3, -0.25) is 0 Å². The van der Waals surface area contributed by atoms with Crippen molar-refractivity contribution in [3.63, 3.8) is 0 Å². The molecular weight excluding hydrogens is 331 g/mol. The predicted octanol–water partition coefficient (Wildman–Crippen LogP) is 7.39. The fraction of sp³-hybridized carbons (Fsp3) is 0.478. The molecule has 0 radical (unpaired) electrons. The van der Waals surface area contributed by atoms with E-state index in [0.29, 0.717) is 16.5 Å². The molecule has 0 aromatic heterocycles. The summed E-state index contributed by atoms with van der Waals surface area (Å²) in [6.07, 6.45) is 8.59. The lowest BCUT2D eigenvalue weighted by atomic mass is 9.64. The van der Waals surface area contributed by atoms with Crippen LogP contribution in [-0.2, 0) is 6.42 Å². The Hall–Kier alpha value is -1.34. The van der Waals surface area contributed by atoms with Crippen LogP contribution in [0.15, 0.2) is 36.4 Å². The molecule has 2 aromatic rings. The van der Waals surface area contributed by atoms with Crippen molar-refractivity contribution >= 4 is 11.6 Å². The molecule has 132 valence electrons.